The summed E-state index contributed by atoms with van der Waals surface area (Å²) in [6.07, 6.45) is -3.45. The van der Waals surface area contributed by atoms with Crippen LogP contribution >= 0.6 is 0 Å². The molecule has 0 heterocycles. The van der Waals surface area contributed by atoms with Crippen LogP contribution in [-0.4, -0.2) is 13.5 Å². The molecular weight excluding hydrogens is 379 g/mol. The molecule has 2 aromatic rings. The van der Waals surface area contributed by atoms with E-state index in [0.717, 1.165) is 24.3 Å². The summed E-state index contributed by atoms with van der Waals surface area (Å²) in [5, 5.41) is 19.0. The molecule has 2 rings (SSSR count). The van der Waals surface area contributed by atoms with Gasteiger partial charge in [-0.05, 0) is 60.4 Å². The summed E-state index contributed by atoms with van der Waals surface area (Å²) in [5.41, 5.74) is 0.390. The highest BCUT2D eigenvalue weighted by Gasteiger charge is 2.31. The molecule has 0 spiro atoms. The zero-order valence-corrected chi connectivity index (χ0v) is 15.3. The Morgan fingerprint density at radius 1 is 1.19 bits per heavy atom. The molecule has 2 aromatic carbocycles. The van der Waals surface area contributed by atoms with Gasteiger partial charge in [-0.2, -0.15) is 18.4 Å². The molecule has 0 fully saturated rings. The fraction of sp³-hybridized carbons (Fsp3) is 0.211. The Hall–Kier alpha value is -2.79. The number of phenolic OH excluding ortho intramolecular Hbond substituents is 1. The first-order valence-corrected chi connectivity index (χ1v) is 9.40. The number of hydrogen-bond acceptors (Lipinski definition) is 4. The number of allylic oxidation sites excluding steroid dienone is 1. The van der Waals surface area contributed by atoms with Crippen LogP contribution in [0.5, 0.6) is 5.75 Å². The van der Waals surface area contributed by atoms with Gasteiger partial charge in [0.25, 0.3) is 0 Å². The lowest BCUT2D eigenvalue weighted by atomic mass is 10.1. The smallest absolute Gasteiger partial charge is 0.416 e. The third kappa shape index (κ3) is 4.89. The van der Waals surface area contributed by atoms with Gasteiger partial charge in [0.2, 0.25) is 0 Å². The maximum absolute atomic E-state index is 12.8. The van der Waals surface area contributed by atoms with E-state index >= 15 is 0 Å². The van der Waals surface area contributed by atoms with Gasteiger partial charge in [-0.15, -0.1) is 0 Å². The van der Waals surface area contributed by atoms with E-state index in [1.54, 1.807) is 19.9 Å². The molecule has 0 bridgehead atoms. The van der Waals surface area contributed by atoms with Gasteiger partial charge >= 0.3 is 6.18 Å². The normalized spacial score (nSPS) is 12.7. The molecule has 0 aromatic heterocycles. The monoisotopic (exact) mass is 395 g/mol. The molecule has 0 atom stereocenters. The Labute approximate surface area is 155 Å². The Morgan fingerprint density at radius 2 is 1.78 bits per heavy atom. The van der Waals surface area contributed by atoms with Crippen LogP contribution in [0.3, 0.4) is 0 Å². The summed E-state index contributed by atoms with van der Waals surface area (Å²) in [6.45, 7) is 3.26. The zero-order valence-electron chi connectivity index (χ0n) is 14.5. The molecule has 0 radical (unpaired) electrons. The third-order valence-corrected chi connectivity index (χ3v) is 5.46. The number of benzene rings is 2. The van der Waals surface area contributed by atoms with Gasteiger partial charge in [0.1, 0.15) is 16.7 Å². The van der Waals surface area contributed by atoms with Crippen molar-refractivity contribution in [1.29, 1.82) is 5.26 Å². The Kier molecular flexibility index (Phi) is 5.66. The van der Waals surface area contributed by atoms with Crippen LogP contribution < -0.4 is 0 Å². The minimum absolute atomic E-state index is 0.0657. The summed E-state index contributed by atoms with van der Waals surface area (Å²) in [5.74, 6) is -0.663. The van der Waals surface area contributed by atoms with Crippen molar-refractivity contribution in [3.63, 3.8) is 0 Å². The first kappa shape index (κ1) is 20.5. The first-order chi connectivity index (χ1) is 12.4. The van der Waals surface area contributed by atoms with Crippen molar-refractivity contribution >= 4 is 15.9 Å². The van der Waals surface area contributed by atoms with Gasteiger partial charge in [0.05, 0.1) is 11.3 Å². The van der Waals surface area contributed by atoms with Crippen molar-refractivity contribution in [2.45, 2.75) is 25.8 Å². The van der Waals surface area contributed by atoms with E-state index in [-0.39, 0.29) is 11.3 Å². The second-order valence-electron chi connectivity index (χ2n) is 6.08. The van der Waals surface area contributed by atoms with E-state index in [2.05, 4.69) is 0 Å². The van der Waals surface area contributed by atoms with Crippen LogP contribution in [-0.2, 0) is 21.8 Å². The highest BCUT2D eigenvalue weighted by atomic mass is 32.2. The molecule has 4 nitrogen and oxygen atoms in total. The van der Waals surface area contributed by atoms with Crippen LogP contribution in [0.15, 0.2) is 41.3 Å². The molecule has 0 amide bonds. The average Bonchev–Trinajstić information content (AvgIpc) is 2.56. The lowest BCUT2D eigenvalue weighted by molar-refractivity contribution is -0.137. The number of phenols is 1. The first-order valence-electron chi connectivity index (χ1n) is 7.75. The molecule has 0 aliphatic heterocycles. The Balaban J connectivity index is 2.41. The fourth-order valence-corrected chi connectivity index (χ4v) is 3.78. The molecule has 142 valence electrons. The minimum Gasteiger partial charge on any atom is -0.507 e. The lowest BCUT2D eigenvalue weighted by Gasteiger charge is -2.09. The summed E-state index contributed by atoms with van der Waals surface area (Å²) >= 11 is 0. The quantitative estimate of drug-likeness (QED) is 0.773. The SMILES string of the molecule is Cc1cc(C=C(C#N)S(=O)(=O)Cc2cccc(C(F)(F)F)c2)cc(C)c1O. The maximum Gasteiger partial charge on any atom is 0.416 e. The predicted molar refractivity (Wildman–Crippen MR) is 95.2 cm³/mol. The van der Waals surface area contributed by atoms with Gasteiger partial charge in [0, 0.05) is 0 Å². The molecule has 8 heteroatoms. The molecule has 0 saturated carbocycles. The molecular formula is C19H16F3NO3S. The number of halogens is 3. The number of aromatic hydroxyl groups is 1. The van der Waals surface area contributed by atoms with Crippen LogP contribution in [0.2, 0.25) is 0 Å². The highest BCUT2D eigenvalue weighted by Crippen LogP contribution is 2.30. The number of rotatable bonds is 4. The summed E-state index contributed by atoms with van der Waals surface area (Å²) in [7, 11) is -4.15. The number of sulfone groups is 1. The van der Waals surface area contributed by atoms with Crippen LogP contribution in [0.1, 0.15) is 27.8 Å². The summed E-state index contributed by atoms with van der Waals surface area (Å²) < 4.78 is 63.4. The van der Waals surface area contributed by atoms with Crippen molar-refractivity contribution in [2.75, 3.05) is 0 Å². The molecule has 27 heavy (non-hydrogen) atoms. The Morgan fingerprint density at radius 3 is 2.30 bits per heavy atom. The molecule has 0 aliphatic rings. The van der Waals surface area contributed by atoms with E-state index in [1.807, 2.05) is 0 Å². The lowest BCUT2D eigenvalue weighted by Crippen LogP contribution is -2.09. The second kappa shape index (κ2) is 7.45. The van der Waals surface area contributed by atoms with Crippen LogP contribution in [0, 0.1) is 25.2 Å². The maximum atomic E-state index is 12.8. The number of aryl methyl sites for hydroxylation is 2. The van der Waals surface area contributed by atoms with E-state index in [9.17, 15) is 32.0 Å². The van der Waals surface area contributed by atoms with Crippen molar-refractivity contribution in [1.82, 2.24) is 0 Å². The number of alkyl halides is 3. The van der Waals surface area contributed by atoms with E-state index in [4.69, 9.17) is 0 Å². The van der Waals surface area contributed by atoms with Crippen molar-refractivity contribution in [3.8, 4) is 11.8 Å². The van der Waals surface area contributed by atoms with Crippen molar-refractivity contribution < 1.29 is 26.7 Å². The number of hydrogen-bond donors (Lipinski definition) is 1. The van der Waals surface area contributed by atoms with Gasteiger partial charge in [0.15, 0.2) is 9.84 Å². The van der Waals surface area contributed by atoms with Gasteiger partial charge in [-0.3, -0.25) is 0 Å². The minimum atomic E-state index is -4.59. The van der Waals surface area contributed by atoms with Crippen molar-refractivity contribution in [3.05, 3.63) is 69.1 Å². The summed E-state index contributed by atoms with van der Waals surface area (Å²) in [4.78, 5) is -0.565. The third-order valence-electron chi connectivity index (χ3n) is 3.87. The number of nitrogens with zero attached hydrogens (tertiary/aromatic N) is 1. The predicted octanol–water partition coefficient (Wildman–Crippen LogP) is 4.51. The van der Waals surface area contributed by atoms with Crippen molar-refractivity contribution in [2.24, 2.45) is 0 Å². The summed E-state index contributed by atoms with van der Waals surface area (Å²) in [6, 6.07) is 8.60. The second-order valence-corrected chi connectivity index (χ2v) is 8.04. The highest BCUT2D eigenvalue weighted by molar-refractivity contribution is 7.95. The molecule has 0 saturated heterocycles. The van der Waals surface area contributed by atoms with Gasteiger partial charge in [-0.1, -0.05) is 18.2 Å². The van der Waals surface area contributed by atoms with E-state index in [1.165, 1.54) is 18.2 Å². The molecule has 0 unspecified atom stereocenters. The number of nitriles is 1. The topological polar surface area (TPSA) is 78.2 Å². The zero-order chi connectivity index (χ0) is 20.4. The van der Waals surface area contributed by atoms with E-state index in [0.29, 0.717) is 16.7 Å². The van der Waals surface area contributed by atoms with E-state index < -0.39 is 32.2 Å². The average molecular weight is 395 g/mol. The Bertz CT molecular complexity index is 1030. The fourth-order valence-electron chi connectivity index (χ4n) is 2.55. The van der Waals surface area contributed by atoms with Gasteiger partial charge in [-0.25, -0.2) is 8.42 Å². The molecule has 1 N–H and O–H groups in total. The standard InChI is InChI=1S/C19H16F3NO3S/c1-12-6-15(7-13(2)18(12)24)9-17(10-23)27(25,26)11-14-4-3-5-16(8-14)19(20,21)22/h3-9,24H,11H2,1-2H3. The molecule has 0 aliphatic carbocycles. The largest absolute Gasteiger partial charge is 0.507 e. The van der Waals surface area contributed by atoms with Gasteiger partial charge < -0.3 is 5.11 Å². The van der Waals surface area contributed by atoms with Crippen LogP contribution in [0.25, 0.3) is 6.08 Å². The van der Waals surface area contributed by atoms with Crippen LogP contribution in [0.4, 0.5) is 13.2 Å².